The zero-order valence-electron chi connectivity index (χ0n) is 17.1. The van der Waals surface area contributed by atoms with E-state index in [1.54, 1.807) is 24.3 Å². The molecule has 2 aromatic carbocycles. The number of sulfonamides is 1. The molecule has 7 heteroatoms. The lowest BCUT2D eigenvalue weighted by Crippen LogP contribution is -2.29. The maximum Gasteiger partial charge on any atom is 0.264 e. The number of benzene rings is 2. The minimum atomic E-state index is -3.76. The molecule has 0 saturated carbocycles. The average molecular weight is 416 g/mol. The Balaban J connectivity index is 1.66. The summed E-state index contributed by atoms with van der Waals surface area (Å²) in [5.41, 5.74) is 1.83. The molecule has 1 saturated heterocycles. The summed E-state index contributed by atoms with van der Waals surface area (Å²) in [5, 5.41) is 2.90. The van der Waals surface area contributed by atoms with Crippen LogP contribution in [0.4, 0.5) is 5.69 Å². The number of amides is 1. The fourth-order valence-electron chi connectivity index (χ4n) is 3.61. The molecule has 1 amide bonds. The summed E-state index contributed by atoms with van der Waals surface area (Å²) < 4.78 is 27.4. The molecule has 6 nitrogen and oxygen atoms in total. The van der Waals surface area contributed by atoms with Gasteiger partial charge < -0.3 is 10.2 Å². The van der Waals surface area contributed by atoms with Crippen LogP contribution < -0.4 is 9.62 Å². The summed E-state index contributed by atoms with van der Waals surface area (Å²) in [7, 11) is -2.23. The Hall–Kier alpha value is -2.38. The van der Waals surface area contributed by atoms with Gasteiger partial charge in [-0.1, -0.05) is 24.3 Å². The number of hydrogen-bond acceptors (Lipinski definition) is 4. The minimum absolute atomic E-state index is 0.105. The number of carbonyl (C=O) groups excluding carboxylic acids is 1. The monoisotopic (exact) mass is 415 g/mol. The summed E-state index contributed by atoms with van der Waals surface area (Å²) in [6.45, 7) is 5.71. The van der Waals surface area contributed by atoms with Crippen molar-refractivity contribution >= 4 is 21.6 Å². The fourth-order valence-corrected chi connectivity index (χ4v) is 4.92. The Bertz CT molecular complexity index is 953. The predicted molar refractivity (Wildman–Crippen MR) is 116 cm³/mol. The summed E-state index contributed by atoms with van der Waals surface area (Å²) >= 11 is 0. The Labute approximate surface area is 173 Å². The van der Waals surface area contributed by atoms with Crippen LogP contribution >= 0.6 is 0 Å². The highest BCUT2D eigenvalue weighted by atomic mass is 32.2. The second kappa shape index (κ2) is 9.41. The molecule has 1 N–H and O–H groups in total. The van der Waals surface area contributed by atoms with E-state index in [9.17, 15) is 13.2 Å². The van der Waals surface area contributed by atoms with Crippen LogP contribution in [0, 0.1) is 6.92 Å². The quantitative estimate of drug-likeness (QED) is 0.673. The largest absolute Gasteiger partial charge is 0.352 e. The highest BCUT2D eigenvalue weighted by Gasteiger charge is 2.23. The molecule has 2 aromatic rings. The molecule has 3 rings (SSSR count). The number of aryl methyl sites for hydroxylation is 1. The second-order valence-corrected chi connectivity index (χ2v) is 9.41. The van der Waals surface area contributed by atoms with Gasteiger partial charge in [-0.2, -0.15) is 0 Å². The SMILES string of the molecule is Cc1ccccc1N(C)S(=O)(=O)c1cccc(C(=O)NCCCN2CCCC2)c1. The highest BCUT2D eigenvalue weighted by molar-refractivity contribution is 7.92. The van der Waals surface area contributed by atoms with E-state index in [0.29, 0.717) is 17.8 Å². The topological polar surface area (TPSA) is 69.7 Å². The van der Waals surface area contributed by atoms with Gasteiger partial charge in [-0.3, -0.25) is 9.10 Å². The third kappa shape index (κ3) is 5.16. The van der Waals surface area contributed by atoms with Crippen LogP contribution in [0.15, 0.2) is 53.4 Å². The molecule has 0 radical (unpaired) electrons. The van der Waals surface area contributed by atoms with E-state index in [1.807, 2.05) is 19.1 Å². The van der Waals surface area contributed by atoms with Crippen molar-refractivity contribution in [2.75, 3.05) is 37.5 Å². The lowest BCUT2D eigenvalue weighted by molar-refractivity contribution is 0.0952. The van der Waals surface area contributed by atoms with E-state index in [1.165, 1.54) is 36.3 Å². The molecule has 1 heterocycles. The molecule has 0 bridgehead atoms. The molecule has 1 fully saturated rings. The molecule has 156 valence electrons. The van der Waals surface area contributed by atoms with Gasteiger partial charge in [0.25, 0.3) is 15.9 Å². The smallest absolute Gasteiger partial charge is 0.264 e. The fraction of sp³-hybridized carbons (Fsp3) is 0.409. The molecule has 0 aromatic heterocycles. The van der Waals surface area contributed by atoms with Crippen LogP contribution in [0.2, 0.25) is 0 Å². The van der Waals surface area contributed by atoms with Crippen molar-refractivity contribution in [2.45, 2.75) is 31.1 Å². The van der Waals surface area contributed by atoms with Crippen LogP contribution in [-0.4, -0.2) is 52.5 Å². The van der Waals surface area contributed by atoms with Crippen molar-refractivity contribution in [3.63, 3.8) is 0 Å². The van der Waals surface area contributed by atoms with Gasteiger partial charge in [-0.25, -0.2) is 8.42 Å². The second-order valence-electron chi connectivity index (χ2n) is 7.45. The Morgan fingerprint density at radius 2 is 1.83 bits per heavy atom. The maximum atomic E-state index is 13.1. The van der Waals surface area contributed by atoms with Gasteiger partial charge in [-0.05, 0) is 75.6 Å². The summed E-state index contributed by atoms with van der Waals surface area (Å²) in [6, 6.07) is 13.5. The van der Waals surface area contributed by atoms with Crippen molar-refractivity contribution in [3.8, 4) is 0 Å². The number of rotatable bonds is 8. The Morgan fingerprint density at radius 3 is 2.55 bits per heavy atom. The molecule has 29 heavy (non-hydrogen) atoms. The van der Waals surface area contributed by atoms with Crippen molar-refractivity contribution in [1.82, 2.24) is 10.2 Å². The number of likely N-dealkylation sites (tertiary alicyclic amines) is 1. The van der Waals surface area contributed by atoms with Gasteiger partial charge in [0, 0.05) is 19.2 Å². The van der Waals surface area contributed by atoms with Crippen molar-refractivity contribution in [3.05, 3.63) is 59.7 Å². The van der Waals surface area contributed by atoms with Crippen LogP contribution in [0.25, 0.3) is 0 Å². The van der Waals surface area contributed by atoms with Gasteiger partial charge in [-0.15, -0.1) is 0 Å². The molecule has 0 aliphatic carbocycles. The lowest BCUT2D eigenvalue weighted by Gasteiger charge is -2.21. The Kier molecular flexibility index (Phi) is 6.92. The lowest BCUT2D eigenvalue weighted by atomic mass is 10.2. The summed E-state index contributed by atoms with van der Waals surface area (Å²) in [4.78, 5) is 15.0. The third-order valence-corrected chi connectivity index (χ3v) is 7.11. The maximum absolute atomic E-state index is 13.1. The van der Waals surface area contributed by atoms with Crippen LogP contribution in [0.3, 0.4) is 0 Å². The molecular formula is C22H29N3O3S. The predicted octanol–water partition coefficient (Wildman–Crippen LogP) is 3.04. The molecule has 1 aliphatic heterocycles. The van der Waals surface area contributed by atoms with Crippen molar-refractivity contribution in [2.24, 2.45) is 0 Å². The van der Waals surface area contributed by atoms with E-state index < -0.39 is 10.0 Å². The number of nitrogens with zero attached hydrogens (tertiary/aromatic N) is 2. The van der Waals surface area contributed by atoms with Crippen LogP contribution in [-0.2, 0) is 10.0 Å². The van der Waals surface area contributed by atoms with E-state index >= 15 is 0 Å². The first-order valence-corrected chi connectivity index (χ1v) is 11.5. The van der Waals surface area contributed by atoms with Gasteiger partial charge in [0.15, 0.2) is 0 Å². The first-order valence-electron chi connectivity index (χ1n) is 10.0. The van der Waals surface area contributed by atoms with E-state index in [0.717, 1.165) is 31.6 Å². The molecule has 0 spiro atoms. The van der Waals surface area contributed by atoms with Crippen molar-refractivity contribution in [1.29, 1.82) is 0 Å². The van der Waals surface area contributed by atoms with Crippen molar-refractivity contribution < 1.29 is 13.2 Å². The number of nitrogens with one attached hydrogen (secondary N) is 1. The molecule has 0 atom stereocenters. The average Bonchev–Trinajstić information content (AvgIpc) is 3.24. The number of para-hydroxylation sites is 1. The van der Waals surface area contributed by atoms with Gasteiger partial charge in [0.2, 0.25) is 0 Å². The normalized spacial score (nSPS) is 14.7. The van der Waals surface area contributed by atoms with Gasteiger partial charge >= 0.3 is 0 Å². The van der Waals surface area contributed by atoms with Gasteiger partial charge in [0.1, 0.15) is 0 Å². The van der Waals surface area contributed by atoms with Crippen LogP contribution in [0.5, 0.6) is 0 Å². The summed E-state index contributed by atoms with van der Waals surface area (Å²) in [6.07, 6.45) is 3.40. The molecular weight excluding hydrogens is 386 g/mol. The summed E-state index contributed by atoms with van der Waals surface area (Å²) in [5.74, 6) is -0.248. The minimum Gasteiger partial charge on any atom is -0.352 e. The van der Waals surface area contributed by atoms with E-state index in [-0.39, 0.29) is 10.8 Å². The molecule has 1 aliphatic rings. The Morgan fingerprint density at radius 1 is 1.10 bits per heavy atom. The number of anilines is 1. The zero-order chi connectivity index (χ0) is 20.9. The first-order chi connectivity index (χ1) is 13.9. The number of carbonyl (C=O) groups is 1. The van der Waals surface area contributed by atoms with Crippen LogP contribution in [0.1, 0.15) is 35.2 Å². The standard InChI is InChI=1S/C22H29N3O3S/c1-18-9-3-4-12-21(18)24(2)29(27,28)20-11-7-10-19(17-20)22(26)23-13-8-16-25-14-5-6-15-25/h3-4,7,9-12,17H,5-6,8,13-16H2,1-2H3,(H,23,26). The third-order valence-electron chi connectivity index (χ3n) is 5.34. The number of hydrogen-bond donors (Lipinski definition) is 1. The van der Waals surface area contributed by atoms with Gasteiger partial charge in [0.05, 0.1) is 10.6 Å². The molecule has 0 unspecified atom stereocenters. The van der Waals surface area contributed by atoms with E-state index in [2.05, 4.69) is 10.2 Å². The highest BCUT2D eigenvalue weighted by Crippen LogP contribution is 2.25. The zero-order valence-corrected chi connectivity index (χ0v) is 17.9. The van der Waals surface area contributed by atoms with E-state index in [4.69, 9.17) is 0 Å². The first kappa shape index (κ1) is 21.3.